The number of amides is 2. The average molecular weight is 436 g/mol. The topological polar surface area (TPSA) is 52.7 Å². The van der Waals surface area contributed by atoms with Crippen LogP contribution < -0.4 is 5.32 Å². The zero-order valence-electron chi connectivity index (χ0n) is 17.7. The molecule has 1 N–H and O–H groups in total. The van der Waals surface area contributed by atoms with Gasteiger partial charge in [0.15, 0.2) is 0 Å². The third kappa shape index (κ3) is 5.99. The number of nitrogens with zero attached hydrogens (tertiary/aromatic N) is 2. The Balaban J connectivity index is 1.19. The predicted octanol–water partition coefficient (Wildman–Crippen LogP) is 3.53. The maximum absolute atomic E-state index is 12.7. The van der Waals surface area contributed by atoms with Crippen molar-refractivity contribution < 1.29 is 9.59 Å². The van der Waals surface area contributed by atoms with Gasteiger partial charge in [-0.25, -0.2) is 0 Å². The van der Waals surface area contributed by atoms with Crippen LogP contribution in [0.2, 0.25) is 0 Å². The second kappa shape index (κ2) is 10.6. The Hall–Kier alpha value is -2.57. The van der Waals surface area contributed by atoms with E-state index in [4.69, 9.17) is 0 Å². The van der Waals surface area contributed by atoms with Gasteiger partial charge in [0, 0.05) is 38.4 Å². The van der Waals surface area contributed by atoms with Crippen molar-refractivity contribution in [3.63, 3.8) is 0 Å². The van der Waals surface area contributed by atoms with E-state index in [-0.39, 0.29) is 17.1 Å². The van der Waals surface area contributed by atoms with Crippen LogP contribution in [0.1, 0.15) is 17.5 Å². The minimum Gasteiger partial charge on any atom is -0.339 e. The Kier molecular flexibility index (Phi) is 7.43. The number of piperazine rings is 1. The SMILES string of the molecule is O=C1Nc2ccccc2CC[C@@H]1SCC(=O)N1CCN(C/C=C/c2ccccc2)CC1. The summed E-state index contributed by atoms with van der Waals surface area (Å²) in [5.74, 6) is 0.513. The van der Waals surface area contributed by atoms with Crippen LogP contribution in [0, 0.1) is 0 Å². The van der Waals surface area contributed by atoms with Gasteiger partial charge in [0.05, 0.1) is 11.0 Å². The smallest absolute Gasteiger partial charge is 0.237 e. The summed E-state index contributed by atoms with van der Waals surface area (Å²) < 4.78 is 0. The molecular formula is C25H29N3O2S. The molecule has 5 nitrogen and oxygen atoms in total. The van der Waals surface area contributed by atoms with E-state index in [0.29, 0.717) is 5.75 Å². The quantitative estimate of drug-likeness (QED) is 0.754. The molecule has 0 radical (unpaired) electrons. The molecule has 2 amide bonds. The molecule has 6 heteroatoms. The van der Waals surface area contributed by atoms with Gasteiger partial charge in [-0.3, -0.25) is 14.5 Å². The van der Waals surface area contributed by atoms with Gasteiger partial charge in [0.2, 0.25) is 11.8 Å². The molecule has 2 aromatic carbocycles. The number of benzene rings is 2. The number of hydrogen-bond acceptors (Lipinski definition) is 4. The summed E-state index contributed by atoms with van der Waals surface area (Å²) in [6, 6.07) is 18.2. The highest BCUT2D eigenvalue weighted by atomic mass is 32.2. The molecule has 162 valence electrons. The molecule has 0 aromatic heterocycles. The second-order valence-electron chi connectivity index (χ2n) is 7.98. The summed E-state index contributed by atoms with van der Waals surface area (Å²) in [6.45, 7) is 4.17. The Bertz CT molecular complexity index is 923. The van der Waals surface area contributed by atoms with Gasteiger partial charge in [0.1, 0.15) is 0 Å². The van der Waals surface area contributed by atoms with E-state index in [1.54, 1.807) is 0 Å². The molecule has 4 rings (SSSR count). The van der Waals surface area contributed by atoms with E-state index < -0.39 is 0 Å². The summed E-state index contributed by atoms with van der Waals surface area (Å²) >= 11 is 1.48. The van der Waals surface area contributed by atoms with E-state index in [1.165, 1.54) is 22.9 Å². The lowest BCUT2D eigenvalue weighted by atomic mass is 10.1. The fourth-order valence-electron chi connectivity index (χ4n) is 4.00. The predicted molar refractivity (Wildman–Crippen MR) is 128 cm³/mol. The molecule has 1 atom stereocenters. The Morgan fingerprint density at radius 3 is 2.58 bits per heavy atom. The number of anilines is 1. The van der Waals surface area contributed by atoms with E-state index in [9.17, 15) is 9.59 Å². The first kappa shape index (κ1) is 21.7. The zero-order valence-corrected chi connectivity index (χ0v) is 18.5. The maximum Gasteiger partial charge on any atom is 0.237 e. The summed E-state index contributed by atoms with van der Waals surface area (Å²) in [5.41, 5.74) is 3.28. The van der Waals surface area contributed by atoms with Crippen LogP contribution in [0.3, 0.4) is 0 Å². The number of fused-ring (bicyclic) bond motifs is 1. The van der Waals surface area contributed by atoms with Crippen LogP contribution in [0.4, 0.5) is 5.69 Å². The molecule has 0 bridgehead atoms. The first-order valence-corrected chi connectivity index (χ1v) is 12.0. The van der Waals surface area contributed by atoms with E-state index in [2.05, 4.69) is 40.6 Å². The Morgan fingerprint density at radius 1 is 1.03 bits per heavy atom. The van der Waals surface area contributed by atoms with Crippen LogP contribution in [0.5, 0.6) is 0 Å². The Morgan fingerprint density at radius 2 is 1.77 bits per heavy atom. The highest BCUT2D eigenvalue weighted by molar-refractivity contribution is 8.01. The average Bonchev–Trinajstić information content (AvgIpc) is 2.96. The van der Waals surface area contributed by atoms with Crippen molar-refractivity contribution in [3.05, 3.63) is 71.8 Å². The lowest BCUT2D eigenvalue weighted by Gasteiger charge is -2.34. The molecule has 1 fully saturated rings. The van der Waals surface area contributed by atoms with Gasteiger partial charge in [-0.1, -0.05) is 60.7 Å². The number of rotatable bonds is 6. The number of thioether (sulfide) groups is 1. The lowest BCUT2D eigenvalue weighted by molar-refractivity contribution is -0.130. The number of carbonyl (C=O) groups is 2. The van der Waals surface area contributed by atoms with Crippen LogP contribution in [-0.4, -0.2) is 65.3 Å². The highest BCUT2D eigenvalue weighted by Crippen LogP contribution is 2.27. The maximum atomic E-state index is 12.7. The van der Waals surface area contributed by atoms with E-state index in [1.807, 2.05) is 41.3 Å². The molecule has 1 saturated heterocycles. The van der Waals surface area contributed by atoms with Crippen molar-refractivity contribution in [1.82, 2.24) is 9.80 Å². The minimum absolute atomic E-state index is 0.0118. The number of carbonyl (C=O) groups excluding carboxylic acids is 2. The van der Waals surface area contributed by atoms with Gasteiger partial charge in [-0.2, -0.15) is 0 Å². The van der Waals surface area contributed by atoms with Gasteiger partial charge in [-0.15, -0.1) is 11.8 Å². The molecule has 2 aliphatic rings. The van der Waals surface area contributed by atoms with Crippen LogP contribution >= 0.6 is 11.8 Å². The molecule has 2 heterocycles. The fourth-order valence-corrected chi connectivity index (χ4v) is 5.02. The van der Waals surface area contributed by atoms with E-state index in [0.717, 1.165) is 51.3 Å². The molecule has 0 spiro atoms. The van der Waals surface area contributed by atoms with Crippen molar-refractivity contribution >= 4 is 35.3 Å². The first-order chi connectivity index (χ1) is 15.2. The van der Waals surface area contributed by atoms with Crippen molar-refractivity contribution in [2.24, 2.45) is 0 Å². The molecule has 2 aliphatic heterocycles. The molecule has 2 aromatic rings. The third-order valence-electron chi connectivity index (χ3n) is 5.85. The van der Waals surface area contributed by atoms with Gasteiger partial charge >= 0.3 is 0 Å². The molecule has 31 heavy (non-hydrogen) atoms. The van der Waals surface area contributed by atoms with E-state index >= 15 is 0 Å². The summed E-state index contributed by atoms with van der Waals surface area (Å²) in [5, 5.41) is 2.84. The highest BCUT2D eigenvalue weighted by Gasteiger charge is 2.26. The van der Waals surface area contributed by atoms with Gasteiger partial charge in [0.25, 0.3) is 0 Å². The van der Waals surface area contributed by atoms with Crippen molar-refractivity contribution in [2.45, 2.75) is 18.1 Å². The first-order valence-electron chi connectivity index (χ1n) is 10.9. The number of hydrogen-bond donors (Lipinski definition) is 1. The minimum atomic E-state index is -0.180. The Labute approximate surface area is 188 Å². The zero-order chi connectivity index (χ0) is 21.5. The number of nitrogens with one attached hydrogen (secondary N) is 1. The third-order valence-corrected chi connectivity index (χ3v) is 7.12. The normalized spacial score (nSPS) is 19.7. The summed E-state index contributed by atoms with van der Waals surface area (Å²) in [4.78, 5) is 29.5. The van der Waals surface area contributed by atoms with Crippen LogP contribution in [0.15, 0.2) is 60.7 Å². The molecular weight excluding hydrogens is 406 g/mol. The number of para-hydroxylation sites is 1. The molecule has 0 saturated carbocycles. The van der Waals surface area contributed by atoms with Gasteiger partial charge in [-0.05, 0) is 30.0 Å². The van der Waals surface area contributed by atoms with Crippen LogP contribution in [0.25, 0.3) is 6.08 Å². The summed E-state index contributed by atoms with van der Waals surface area (Å²) in [7, 11) is 0. The number of aryl methyl sites for hydroxylation is 1. The van der Waals surface area contributed by atoms with Crippen molar-refractivity contribution in [3.8, 4) is 0 Å². The lowest BCUT2D eigenvalue weighted by Crippen LogP contribution is -2.49. The van der Waals surface area contributed by atoms with Crippen LogP contribution in [-0.2, 0) is 16.0 Å². The molecule has 0 aliphatic carbocycles. The van der Waals surface area contributed by atoms with Crippen molar-refractivity contribution in [2.75, 3.05) is 43.8 Å². The second-order valence-corrected chi connectivity index (χ2v) is 9.17. The summed E-state index contributed by atoms with van der Waals surface area (Å²) in [6.07, 6.45) is 5.95. The standard InChI is InChI=1S/C25H29N3O2S/c29-24(19-31-23-13-12-21-10-4-5-11-22(21)26-25(23)30)28-17-15-27(16-18-28)14-6-9-20-7-2-1-3-8-20/h1-11,23H,12-19H2,(H,26,30)/b9-6+/t23-/m0/s1. The molecule has 0 unspecified atom stereocenters. The van der Waals surface area contributed by atoms with Crippen molar-refractivity contribution in [1.29, 1.82) is 0 Å². The van der Waals surface area contributed by atoms with Gasteiger partial charge < -0.3 is 10.2 Å². The fraction of sp³-hybridized carbons (Fsp3) is 0.360. The monoisotopic (exact) mass is 435 g/mol. The largest absolute Gasteiger partial charge is 0.339 e.